The summed E-state index contributed by atoms with van der Waals surface area (Å²) >= 11 is 9.14. The molecule has 0 spiro atoms. The first-order chi connectivity index (χ1) is 9.86. The molecule has 0 aromatic heterocycles. The summed E-state index contributed by atoms with van der Waals surface area (Å²) in [6.45, 7) is 1.70. The largest absolute Gasteiger partial charge is 0.322 e. The van der Waals surface area contributed by atoms with Crippen LogP contribution in [-0.2, 0) is 0 Å². The van der Waals surface area contributed by atoms with Gasteiger partial charge in [-0.05, 0) is 52.7 Å². The lowest BCUT2D eigenvalue weighted by Gasteiger charge is -2.07. The Hall–Kier alpha value is -1.92. The second-order valence-corrected chi connectivity index (χ2v) is 5.66. The molecule has 0 aliphatic carbocycles. The third-order valence-corrected chi connectivity index (χ3v) is 3.93. The Kier molecular flexibility index (Phi) is 4.59. The van der Waals surface area contributed by atoms with Crippen molar-refractivity contribution >= 4 is 44.8 Å². The van der Waals surface area contributed by atoms with Crippen LogP contribution in [0.4, 0.5) is 11.4 Å². The number of non-ortho nitro benzene ring substituents is 1. The summed E-state index contributed by atoms with van der Waals surface area (Å²) in [5.41, 5.74) is 1.30. The van der Waals surface area contributed by atoms with Gasteiger partial charge in [0.25, 0.3) is 11.6 Å². The van der Waals surface area contributed by atoms with Crippen LogP contribution in [0.1, 0.15) is 15.9 Å². The number of nitrogens with one attached hydrogen (secondary N) is 1. The number of halogens is 2. The van der Waals surface area contributed by atoms with Crippen molar-refractivity contribution in [2.24, 2.45) is 0 Å². The summed E-state index contributed by atoms with van der Waals surface area (Å²) in [6.07, 6.45) is 0. The van der Waals surface area contributed by atoms with Crippen LogP contribution in [0.25, 0.3) is 0 Å². The van der Waals surface area contributed by atoms with Crippen LogP contribution in [-0.4, -0.2) is 10.8 Å². The number of rotatable bonds is 3. The minimum Gasteiger partial charge on any atom is -0.322 e. The van der Waals surface area contributed by atoms with Gasteiger partial charge in [-0.1, -0.05) is 11.6 Å². The zero-order chi connectivity index (χ0) is 15.6. The topological polar surface area (TPSA) is 72.2 Å². The standard InChI is InChI=1S/C14H10BrClN2O3/c1-8-4-9(6-11(5-8)18(20)21)14(19)17-10-2-3-13(16)12(15)7-10/h2-7H,1H3,(H,17,19). The maximum Gasteiger partial charge on any atom is 0.270 e. The molecule has 0 unspecified atom stereocenters. The van der Waals surface area contributed by atoms with Gasteiger partial charge in [-0.15, -0.1) is 0 Å². The van der Waals surface area contributed by atoms with Gasteiger partial charge < -0.3 is 5.32 Å². The first-order valence-corrected chi connectivity index (χ1v) is 7.06. The number of hydrogen-bond acceptors (Lipinski definition) is 3. The van der Waals surface area contributed by atoms with Crippen LogP contribution in [0, 0.1) is 17.0 Å². The van der Waals surface area contributed by atoms with Gasteiger partial charge in [0.2, 0.25) is 0 Å². The lowest BCUT2D eigenvalue weighted by Crippen LogP contribution is -2.12. The third-order valence-electron chi connectivity index (χ3n) is 2.71. The molecule has 5 nitrogen and oxygen atoms in total. The fraction of sp³-hybridized carbons (Fsp3) is 0.0714. The summed E-state index contributed by atoms with van der Waals surface area (Å²) in [7, 11) is 0. The quantitative estimate of drug-likeness (QED) is 0.636. The summed E-state index contributed by atoms with van der Waals surface area (Å²) in [5.74, 6) is -0.420. The molecular weight excluding hydrogens is 360 g/mol. The van der Waals surface area contributed by atoms with E-state index in [1.54, 1.807) is 31.2 Å². The van der Waals surface area contributed by atoms with E-state index >= 15 is 0 Å². The second-order valence-electron chi connectivity index (χ2n) is 4.40. The van der Waals surface area contributed by atoms with E-state index < -0.39 is 10.8 Å². The Labute approximate surface area is 134 Å². The minimum absolute atomic E-state index is 0.113. The number of aryl methyl sites for hydroxylation is 1. The van der Waals surface area contributed by atoms with Crippen molar-refractivity contribution in [2.75, 3.05) is 5.32 Å². The van der Waals surface area contributed by atoms with E-state index in [1.807, 2.05) is 0 Å². The molecule has 0 bridgehead atoms. The zero-order valence-electron chi connectivity index (χ0n) is 10.9. The van der Waals surface area contributed by atoms with Gasteiger partial charge in [-0.2, -0.15) is 0 Å². The predicted octanol–water partition coefficient (Wildman–Crippen LogP) is 4.57. The van der Waals surface area contributed by atoms with Crippen molar-refractivity contribution in [3.05, 3.63) is 67.1 Å². The fourth-order valence-electron chi connectivity index (χ4n) is 1.78. The van der Waals surface area contributed by atoms with Gasteiger partial charge in [0, 0.05) is 27.9 Å². The average molecular weight is 370 g/mol. The van der Waals surface area contributed by atoms with Crippen LogP contribution in [0.15, 0.2) is 40.9 Å². The van der Waals surface area contributed by atoms with E-state index in [0.717, 1.165) is 0 Å². The van der Waals surface area contributed by atoms with E-state index in [-0.39, 0.29) is 11.3 Å². The van der Waals surface area contributed by atoms with Crippen LogP contribution in [0.5, 0.6) is 0 Å². The minimum atomic E-state index is -0.525. The Bertz CT molecular complexity index is 734. The lowest BCUT2D eigenvalue weighted by molar-refractivity contribution is -0.384. The van der Waals surface area contributed by atoms with Crippen LogP contribution < -0.4 is 5.32 Å². The molecule has 0 saturated heterocycles. The van der Waals surface area contributed by atoms with Crippen molar-refractivity contribution in [1.29, 1.82) is 0 Å². The van der Waals surface area contributed by atoms with Crippen LogP contribution >= 0.6 is 27.5 Å². The van der Waals surface area contributed by atoms with Gasteiger partial charge in [-0.3, -0.25) is 14.9 Å². The number of carbonyl (C=O) groups is 1. The second kappa shape index (κ2) is 6.24. The molecule has 0 aliphatic heterocycles. The van der Waals surface area contributed by atoms with Gasteiger partial charge in [0.15, 0.2) is 0 Å². The fourth-order valence-corrected chi connectivity index (χ4v) is 2.27. The molecule has 0 fully saturated rings. The first kappa shape index (κ1) is 15.5. The number of anilines is 1. The van der Waals surface area contributed by atoms with E-state index in [2.05, 4.69) is 21.2 Å². The Balaban J connectivity index is 2.27. The normalized spacial score (nSPS) is 10.2. The molecule has 0 atom stereocenters. The number of hydrogen-bond donors (Lipinski definition) is 1. The van der Waals surface area contributed by atoms with E-state index in [0.29, 0.717) is 20.7 Å². The van der Waals surface area contributed by atoms with Crippen molar-refractivity contribution in [2.45, 2.75) is 6.92 Å². The van der Waals surface area contributed by atoms with Gasteiger partial charge in [0.1, 0.15) is 0 Å². The number of carbonyl (C=O) groups excluding carboxylic acids is 1. The number of nitro groups is 1. The van der Waals surface area contributed by atoms with Crippen LogP contribution in [0.2, 0.25) is 5.02 Å². The third kappa shape index (κ3) is 3.80. The van der Waals surface area contributed by atoms with Crippen molar-refractivity contribution in [3.8, 4) is 0 Å². The molecule has 2 rings (SSSR count). The Morgan fingerprint density at radius 1 is 1.29 bits per heavy atom. The van der Waals surface area contributed by atoms with E-state index in [1.165, 1.54) is 12.1 Å². The molecular formula is C14H10BrClN2O3. The molecule has 1 amide bonds. The number of amides is 1. The Morgan fingerprint density at radius 3 is 2.62 bits per heavy atom. The summed E-state index contributed by atoms with van der Waals surface area (Å²) in [4.78, 5) is 22.5. The highest BCUT2D eigenvalue weighted by atomic mass is 79.9. The summed E-state index contributed by atoms with van der Waals surface area (Å²) in [6, 6.07) is 9.19. The molecule has 21 heavy (non-hydrogen) atoms. The number of benzene rings is 2. The number of nitro benzene ring substituents is 1. The maximum absolute atomic E-state index is 12.2. The van der Waals surface area contributed by atoms with Crippen LogP contribution in [0.3, 0.4) is 0 Å². The summed E-state index contributed by atoms with van der Waals surface area (Å²) < 4.78 is 0.650. The van der Waals surface area contributed by atoms with Crippen molar-refractivity contribution < 1.29 is 9.72 Å². The highest BCUT2D eigenvalue weighted by molar-refractivity contribution is 9.10. The van der Waals surface area contributed by atoms with Gasteiger partial charge in [0.05, 0.1) is 9.95 Å². The molecule has 0 radical (unpaired) electrons. The lowest BCUT2D eigenvalue weighted by atomic mass is 10.1. The van der Waals surface area contributed by atoms with Crippen molar-refractivity contribution in [3.63, 3.8) is 0 Å². The Morgan fingerprint density at radius 2 is 2.00 bits per heavy atom. The molecule has 0 saturated carbocycles. The SMILES string of the molecule is Cc1cc(C(=O)Nc2ccc(Cl)c(Br)c2)cc([N+](=O)[O-])c1. The maximum atomic E-state index is 12.2. The highest BCUT2D eigenvalue weighted by Gasteiger charge is 2.13. The first-order valence-electron chi connectivity index (χ1n) is 5.89. The van der Waals surface area contributed by atoms with Gasteiger partial charge >= 0.3 is 0 Å². The van der Waals surface area contributed by atoms with E-state index in [9.17, 15) is 14.9 Å². The highest BCUT2D eigenvalue weighted by Crippen LogP contribution is 2.26. The molecule has 2 aromatic carbocycles. The molecule has 108 valence electrons. The predicted molar refractivity (Wildman–Crippen MR) is 84.9 cm³/mol. The molecule has 2 aromatic rings. The van der Waals surface area contributed by atoms with E-state index in [4.69, 9.17) is 11.6 Å². The molecule has 7 heteroatoms. The van der Waals surface area contributed by atoms with Crippen molar-refractivity contribution in [1.82, 2.24) is 0 Å². The number of nitrogens with zero attached hydrogens (tertiary/aromatic N) is 1. The smallest absolute Gasteiger partial charge is 0.270 e. The molecule has 0 heterocycles. The van der Waals surface area contributed by atoms with Gasteiger partial charge in [-0.25, -0.2) is 0 Å². The average Bonchev–Trinajstić information content (AvgIpc) is 2.42. The monoisotopic (exact) mass is 368 g/mol. The summed E-state index contributed by atoms with van der Waals surface area (Å²) in [5, 5.41) is 14.0. The molecule has 1 N–H and O–H groups in total. The molecule has 0 aliphatic rings. The zero-order valence-corrected chi connectivity index (χ0v) is 13.2.